The summed E-state index contributed by atoms with van der Waals surface area (Å²) >= 11 is 0. The zero-order chi connectivity index (χ0) is 20.1. The van der Waals surface area contributed by atoms with Gasteiger partial charge in [-0.3, -0.25) is 9.69 Å². The van der Waals surface area contributed by atoms with Gasteiger partial charge >= 0.3 is 0 Å². The van der Waals surface area contributed by atoms with Crippen molar-refractivity contribution in [3.05, 3.63) is 42.6 Å². The van der Waals surface area contributed by atoms with Crippen LogP contribution < -0.4 is 10.1 Å². The number of nitrogens with zero attached hydrogens (tertiary/aromatic N) is 3. The molecular weight excluding hydrogens is 352 g/mol. The molecule has 1 atom stereocenters. The molecule has 152 valence electrons. The van der Waals surface area contributed by atoms with Crippen LogP contribution >= 0.6 is 0 Å². The number of para-hydroxylation sites is 1. The van der Waals surface area contributed by atoms with Crippen LogP contribution in [0.4, 0.5) is 5.82 Å². The molecule has 0 radical (unpaired) electrons. The van der Waals surface area contributed by atoms with Gasteiger partial charge in [-0.25, -0.2) is 4.68 Å². The Labute approximate surface area is 167 Å². The Bertz CT molecular complexity index is 758. The van der Waals surface area contributed by atoms with Crippen LogP contribution in [0, 0.1) is 5.41 Å². The van der Waals surface area contributed by atoms with Gasteiger partial charge in [0, 0.05) is 30.6 Å². The average molecular weight is 385 g/mol. The first-order chi connectivity index (χ1) is 13.3. The number of benzene rings is 1. The molecule has 2 aromatic rings. The second kappa shape index (κ2) is 8.78. The van der Waals surface area contributed by atoms with E-state index in [-0.39, 0.29) is 5.91 Å². The standard InChI is InChI=1S/C22H32N4O2/c1-17(16-28-19-8-6-5-7-9-19)25-14-11-18(12-15-25)26-20(10-13-23-26)24-21(27)22(2,3)4/h5-10,13,17-18H,11-12,14-16H2,1-4H3,(H,24,27)/t17-/m0/s1. The van der Waals surface area contributed by atoms with Crippen LogP contribution in [-0.2, 0) is 4.79 Å². The number of carbonyl (C=O) groups is 1. The molecule has 0 spiro atoms. The maximum atomic E-state index is 12.3. The number of likely N-dealkylation sites (tertiary alicyclic amines) is 1. The monoisotopic (exact) mass is 384 g/mol. The number of hydrogen-bond donors (Lipinski definition) is 1. The first kappa shape index (κ1) is 20.4. The Kier molecular flexibility index (Phi) is 6.39. The molecule has 0 aliphatic carbocycles. The Morgan fingerprint density at radius 2 is 1.89 bits per heavy atom. The van der Waals surface area contributed by atoms with Gasteiger partial charge in [0.25, 0.3) is 0 Å². The average Bonchev–Trinajstić information content (AvgIpc) is 3.14. The second-order valence-corrected chi connectivity index (χ2v) is 8.61. The predicted octanol–water partition coefficient (Wildman–Crippen LogP) is 3.97. The molecule has 1 aliphatic rings. The number of aromatic nitrogens is 2. The highest BCUT2D eigenvalue weighted by molar-refractivity contribution is 5.93. The first-order valence-electron chi connectivity index (χ1n) is 10.1. The van der Waals surface area contributed by atoms with Gasteiger partial charge < -0.3 is 10.1 Å². The Hall–Kier alpha value is -2.34. The van der Waals surface area contributed by atoms with Crippen molar-refractivity contribution in [1.29, 1.82) is 0 Å². The SMILES string of the molecule is C[C@@H](COc1ccccc1)N1CCC(n2nccc2NC(=O)C(C)(C)C)CC1. The van der Waals surface area contributed by atoms with Gasteiger partial charge in [0.15, 0.2) is 0 Å². The number of hydrogen-bond acceptors (Lipinski definition) is 4. The zero-order valence-corrected chi connectivity index (χ0v) is 17.4. The molecule has 2 heterocycles. The Morgan fingerprint density at radius 3 is 2.54 bits per heavy atom. The maximum Gasteiger partial charge on any atom is 0.230 e. The summed E-state index contributed by atoms with van der Waals surface area (Å²) in [6, 6.07) is 12.5. The third kappa shape index (κ3) is 5.13. The fourth-order valence-electron chi connectivity index (χ4n) is 3.42. The highest BCUT2D eigenvalue weighted by Gasteiger charge is 2.27. The minimum atomic E-state index is -0.424. The third-order valence-corrected chi connectivity index (χ3v) is 5.30. The minimum Gasteiger partial charge on any atom is -0.492 e. The number of piperidine rings is 1. The first-order valence-corrected chi connectivity index (χ1v) is 10.1. The van der Waals surface area contributed by atoms with E-state index in [1.165, 1.54) is 0 Å². The van der Waals surface area contributed by atoms with Gasteiger partial charge in [-0.1, -0.05) is 39.0 Å². The second-order valence-electron chi connectivity index (χ2n) is 8.61. The van der Waals surface area contributed by atoms with Crippen LogP contribution in [0.3, 0.4) is 0 Å². The van der Waals surface area contributed by atoms with Gasteiger partial charge in [-0.15, -0.1) is 0 Å². The Balaban J connectivity index is 1.51. The normalized spacial score (nSPS) is 17.3. The summed E-state index contributed by atoms with van der Waals surface area (Å²) in [5.74, 6) is 1.72. The molecule has 6 nitrogen and oxygen atoms in total. The van der Waals surface area contributed by atoms with E-state index in [1.807, 2.05) is 61.9 Å². The lowest BCUT2D eigenvalue weighted by Gasteiger charge is -2.36. The number of carbonyl (C=O) groups excluding carboxylic acids is 1. The van der Waals surface area contributed by atoms with Crippen LogP contribution in [0.2, 0.25) is 0 Å². The van der Waals surface area contributed by atoms with Crippen LogP contribution in [0.25, 0.3) is 0 Å². The lowest BCUT2D eigenvalue weighted by molar-refractivity contribution is -0.123. The van der Waals surface area contributed by atoms with E-state index in [1.54, 1.807) is 6.20 Å². The predicted molar refractivity (Wildman–Crippen MR) is 112 cm³/mol. The zero-order valence-electron chi connectivity index (χ0n) is 17.4. The van der Waals surface area contributed by atoms with E-state index in [2.05, 4.69) is 22.2 Å². The number of anilines is 1. The van der Waals surface area contributed by atoms with E-state index in [0.29, 0.717) is 18.7 Å². The smallest absolute Gasteiger partial charge is 0.230 e. The van der Waals surface area contributed by atoms with Crippen molar-refractivity contribution >= 4 is 11.7 Å². The molecule has 0 saturated carbocycles. The summed E-state index contributed by atoms with van der Waals surface area (Å²) in [6.07, 6.45) is 3.78. The van der Waals surface area contributed by atoms with Crippen molar-refractivity contribution in [3.63, 3.8) is 0 Å². The summed E-state index contributed by atoms with van der Waals surface area (Å²) in [5, 5.41) is 7.51. The van der Waals surface area contributed by atoms with Crippen molar-refractivity contribution in [2.75, 3.05) is 25.0 Å². The molecule has 1 N–H and O–H groups in total. The van der Waals surface area contributed by atoms with Crippen LogP contribution in [-0.4, -0.2) is 46.3 Å². The summed E-state index contributed by atoms with van der Waals surface area (Å²) in [6.45, 7) is 10.6. The van der Waals surface area contributed by atoms with E-state index in [9.17, 15) is 4.79 Å². The molecule has 1 saturated heterocycles. The summed E-state index contributed by atoms with van der Waals surface area (Å²) in [7, 11) is 0. The van der Waals surface area contributed by atoms with E-state index in [4.69, 9.17) is 4.74 Å². The van der Waals surface area contributed by atoms with Crippen molar-refractivity contribution < 1.29 is 9.53 Å². The van der Waals surface area contributed by atoms with Gasteiger partial charge in [0.05, 0.1) is 12.2 Å². The summed E-state index contributed by atoms with van der Waals surface area (Å²) < 4.78 is 7.89. The van der Waals surface area contributed by atoms with Crippen LogP contribution in [0.5, 0.6) is 5.75 Å². The van der Waals surface area contributed by atoms with Gasteiger partial charge in [-0.05, 0) is 31.9 Å². The number of ether oxygens (including phenoxy) is 1. The molecular formula is C22H32N4O2. The number of rotatable bonds is 6. The molecule has 1 aromatic heterocycles. The molecule has 3 rings (SSSR count). The number of amides is 1. The van der Waals surface area contributed by atoms with Crippen LogP contribution in [0.15, 0.2) is 42.6 Å². The van der Waals surface area contributed by atoms with Crippen LogP contribution in [0.1, 0.15) is 46.6 Å². The van der Waals surface area contributed by atoms with Gasteiger partial charge in [-0.2, -0.15) is 5.10 Å². The maximum absolute atomic E-state index is 12.3. The van der Waals surface area contributed by atoms with E-state index < -0.39 is 5.41 Å². The lowest BCUT2D eigenvalue weighted by Crippen LogP contribution is -2.43. The molecule has 1 aliphatic heterocycles. The van der Waals surface area contributed by atoms with Gasteiger partial charge in [0.1, 0.15) is 18.2 Å². The lowest BCUT2D eigenvalue weighted by atomic mass is 9.96. The highest BCUT2D eigenvalue weighted by atomic mass is 16.5. The summed E-state index contributed by atoms with van der Waals surface area (Å²) in [4.78, 5) is 14.8. The molecule has 1 amide bonds. The van der Waals surface area contributed by atoms with Crippen molar-refractivity contribution in [1.82, 2.24) is 14.7 Å². The largest absolute Gasteiger partial charge is 0.492 e. The van der Waals surface area contributed by atoms with Crippen molar-refractivity contribution in [2.45, 2.75) is 52.6 Å². The quantitative estimate of drug-likeness (QED) is 0.819. The van der Waals surface area contributed by atoms with Crippen molar-refractivity contribution in [3.8, 4) is 5.75 Å². The highest BCUT2D eigenvalue weighted by Crippen LogP contribution is 2.27. The molecule has 0 unspecified atom stereocenters. The van der Waals surface area contributed by atoms with E-state index >= 15 is 0 Å². The molecule has 28 heavy (non-hydrogen) atoms. The molecule has 1 aromatic carbocycles. The summed E-state index contributed by atoms with van der Waals surface area (Å²) in [5.41, 5.74) is -0.424. The third-order valence-electron chi connectivity index (χ3n) is 5.30. The topological polar surface area (TPSA) is 59.4 Å². The fourth-order valence-corrected chi connectivity index (χ4v) is 3.42. The number of nitrogens with one attached hydrogen (secondary N) is 1. The molecule has 1 fully saturated rings. The van der Waals surface area contributed by atoms with E-state index in [0.717, 1.165) is 37.5 Å². The Morgan fingerprint density at radius 1 is 1.21 bits per heavy atom. The molecule has 0 bridgehead atoms. The fraction of sp³-hybridized carbons (Fsp3) is 0.545. The molecule has 6 heteroatoms. The van der Waals surface area contributed by atoms with Gasteiger partial charge in [0.2, 0.25) is 5.91 Å². The minimum absolute atomic E-state index is 0.0124. The van der Waals surface area contributed by atoms with Crippen molar-refractivity contribution in [2.24, 2.45) is 5.41 Å².